The zero-order valence-electron chi connectivity index (χ0n) is 14.4. The number of hydrogen-bond acceptors (Lipinski definition) is 5. The van der Waals surface area contributed by atoms with Gasteiger partial charge in [0.1, 0.15) is 17.7 Å². The first-order chi connectivity index (χ1) is 12.2. The van der Waals surface area contributed by atoms with E-state index >= 15 is 0 Å². The Morgan fingerprint density at radius 3 is 2.92 bits per heavy atom. The molecule has 0 aliphatic carbocycles. The third-order valence-corrected chi connectivity index (χ3v) is 4.88. The summed E-state index contributed by atoms with van der Waals surface area (Å²) in [6, 6.07) is 5.85. The average Bonchev–Trinajstić information content (AvgIpc) is 3.02. The number of amides is 1. The molecule has 4 heterocycles. The Hall–Kier alpha value is -2.63. The van der Waals surface area contributed by atoms with Crippen LogP contribution in [0.4, 0.5) is 5.82 Å². The lowest BCUT2D eigenvalue weighted by atomic mass is 10.0. The van der Waals surface area contributed by atoms with Crippen molar-refractivity contribution in [2.24, 2.45) is 0 Å². The monoisotopic (exact) mass is 338 g/mol. The Morgan fingerprint density at radius 2 is 2.20 bits per heavy atom. The summed E-state index contributed by atoms with van der Waals surface area (Å²) in [4.78, 5) is 23.1. The van der Waals surface area contributed by atoms with Gasteiger partial charge in [0, 0.05) is 32.1 Å². The van der Waals surface area contributed by atoms with Crippen LogP contribution in [0.15, 0.2) is 30.6 Å². The van der Waals surface area contributed by atoms with Crippen LogP contribution in [-0.2, 0) is 13.0 Å². The first-order valence-corrected chi connectivity index (χ1v) is 8.87. The molecule has 2 aromatic heterocycles. The molecule has 0 saturated carbocycles. The van der Waals surface area contributed by atoms with E-state index in [9.17, 15) is 4.79 Å². The van der Waals surface area contributed by atoms with E-state index in [-0.39, 0.29) is 12.0 Å². The fraction of sp³-hybridized carbons (Fsp3) is 0.421. The zero-order valence-corrected chi connectivity index (χ0v) is 14.4. The Bertz CT molecular complexity index is 770. The molecule has 4 rings (SSSR count). The van der Waals surface area contributed by atoms with Crippen molar-refractivity contribution in [2.45, 2.75) is 38.8 Å². The van der Waals surface area contributed by atoms with Crippen LogP contribution in [-0.4, -0.2) is 35.1 Å². The van der Waals surface area contributed by atoms with Crippen molar-refractivity contribution in [2.75, 3.05) is 18.0 Å². The van der Waals surface area contributed by atoms with Crippen LogP contribution in [0, 0.1) is 0 Å². The molecule has 0 atom stereocenters. The number of carbonyl (C=O) groups excluding carboxylic acids is 1. The maximum Gasteiger partial charge on any atom is 0.253 e. The maximum absolute atomic E-state index is 11.9. The van der Waals surface area contributed by atoms with Gasteiger partial charge in [-0.1, -0.05) is 6.92 Å². The number of aromatic nitrogens is 2. The van der Waals surface area contributed by atoms with Crippen LogP contribution >= 0.6 is 0 Å². The van der Waals surface area contributed by atoms with E-state index in [1.54, 1.807) is 12.4 Å². The van der Waals surface area contributed by atoms with Crippen molar-refractivity contribution in [3.05, 3.63) is 47.4 Å². The molecule has 130 valence electrons. The first-order valence-electron chi connectivity index (χ1n) is 8.87. The van der Waals surface area contributed by atoms with Crippen LogP contribution in [0.3, 0.4) is 0 Å². The second-order valence-electron chi connectivity index (χ2n) is 6.49. The van der Waals surface area contributed by atoms with E-state index in [2.05, 4.69) is 22.1 Å². The number of rotatable bonds is 4. The normalized spacial score (nSPS) is 17.3. The number of nitrogens with zero attached hydrogens (tertiary/aromatic N) is 3. The third-order valence-electron chi connectivity index (χ3n) is 4.88. The fourth-order valence-corrected chi connectivity index (χ4v) is 3.50. The second kappa shape index (κ2) is 6.70. The highest BCUT2D eigenvalue weighted by Crippen LogP contribution is 2.28. The predicted molar refractivity (Wildman–Crippen MR) is 94.9 cm³/mol. The van der Waals surface area contributed by atoms with Gasteiger partial charge in [0.15, 0.2) is 0 Å². The molecule has 1 N–H and O–H groups in total. The fourth-order valence-electron chi connectivity index (χ4n) is 3.50. The van der Waals surface area contributed by atoms with Gasteiger partial charge >= 0.3 is 0 Å². The molecule has 1 fully saturated rings. The van der Waals surface area contributed by atoms with Crippen molar-refractivity contribution in [3.63, 3.8) is 0 Å². The molecule has 2 aliphatic rings. The Morgan fingerprint density at radius 1 is 1.36 bits per heavy atom. The van der Waals surface area contributed by atoms with Crippen LogP contribution in [0.2, 0.25) is 0 Å². The van der Waals surface area contributed by atoms with Crippen molar-refractivity contribution >= 4 is 11.7 Å². The van der Waals surface area contributed by atoms with E-state index in [1.165, 1.54) is 0 Å². The number of piperidine rings is 1. The van der Waals surface area contributed by atoms with E-state index in [0.717, 1.165) is 60.7 Å². The van der Waals surface area contributed by atoms with Gasteiger partial charge in [-0.15, -0.1) is 0 Å². The SMILES string of the molecule is CCc1cc2c(nc1N1CCC(Oc3cccnc3)CC1)CNC2=O. The molecule has 2 aromatic rings. The molecule has 25 heavy (non-hydrogen) atoms. The Balaban J connectivity index is 1.46. The lowest BCUT2D eigenvalue weighted by Gasteiger charge is -2.34. The predicted octanol–water partition coefficient (Wildman–Crippen LogP) is 2.33. The lowest BCUT2D eigenvalue weighted by Crippen LogP contribution is -2.39. The number of anilines is 1. The minimum Gasteiger partial charge on any atom is -0.489 e. The van der Waals surface area contributed by atoms with Crippen molar-refractivity contribution < 1.29 is 9.53 Å². The van der Waals surface area contributed by atoms with Crippen LogP contribution < -0.4 is 15.0 Å². The topological polar surface area (TPSA) is 67.3 Å². The van der Waals surface area contributed by atoms with Crippen LogP contribution in [0.5, 0.6) is 5.75 Å². The van der Waals surface area contributed by atoms with Gasteiger partial charge < -0.3 is 15.0 Å². The minimum atomic E-state index is -0.00710. The number of aryl methyl sites for hydroxylation is 1. The molecule has 6 nitrogen and oxygen atoms in total. The number of carbonyl (C=O) groups is 1. The summed E-state index contributed by atoms with van der Waals surface area (Å²) in [6.45, 7) is 4.46. The number of nitrogens with one attached hydrogen (secondary N) is 1. The lowest BCUT2D eigenvalue weighted by molar-refractivity contribution is 0.0965. The smallest absolute Gasteiger partial charge is 0.253 e. The highest BCUT2D eigenvalue weighted by atomic mass is 16.5. The van der Waals surface area contributed by atoms with Gasteiger partial charge in [0.05, 0.1) is 24.0 Å². The summed E-state index contributed by atoms with van der Waals surface area (Å²) in [5, 5.41) is 2.85. The summed E-state index contributed by atoms with van der Waals surface area (Å²) in [6.07, 6.45) is 6.49. The first kappa shape index (κ1) is 15.9. The van der Waals surface area contributed by atoms with Crippen molar-refractivity contribution in [1.82, 2.24) is 15.3 Å². The Labute approximate surface area is 147 Å². The number of fused-ring (bicyclic) bond motifs is 1. The van der Waals surface area contributed by atoms with Gasteiger partial charge in [0.2, 0.25) is 0 Å². The van der Waals surface area contributed by atoms with Gasteiger partial charge in [-0.2, -0.15) is 0 Å². The number of pyridine rings is 2. The minimum absolute atomic E-state index is 0.00710. The van der Waals surface area contributed by atoms with Gasteiger partial charge in [0.25, 0.3) is 5.91 Å². The summed E-state index contributed by atoms with van der Waals surface area (Å²) in [5.41, 5.74) is 2.74. The van der Waals surface area contributed by atoms with Gasteiger partial charge in [-0.3, -0.25) is 9.78 Å². The van der Waals surface area contributed by atoms with Crippen LogP contribution in [0.25, 0.3) is 0 Å². The number of hydrogen-bond donors (Lipinski definition) is 1. The van der Waals surface area contributed by atoms with Crippen molar-refractivity contribution in [3.8, 4) is 5.75 Å². The molecular formula is C19H22N4O2. The molecule has 0 radical (unpaired) electrons. The van der Waals surface area contributed by atoms with E-state index < -0.39 is 0 Å². The molecule has 0 aromatic carbocycles. The zero-order chi connectivity index (χ0) is 17.2. The van der Waals surface area contributed by atoms with Gasteiger partial charge in [-0.05, 0) is 30.2 Å². The largest absolute Gasteiger partial charge is 0.489 e. The highest BCUT2D eigenvalue weighted by Gasteiger charge is 2.27. The molecule has 1 saturated heterocycles. The molecule has 0 unspecified atom stereocenters. The Kier molecular flexibility index (Phi) is 4.26. The summed E-state index contributed by atoms with van der Waals surface area (Å²) in [7, 11) is 0. The number of ether oxygens (including phenoxy) is 1. The molecule has 2 aliphatic heterocycles. The third kappa shape index (κ3) is 3.16. The summed E-state index contributed by atoms with van der Waals surface area (Å²) < 4.78 is 6.02. The molecule has 0 spiro atoms. The van der Waals surface area contributed by atoms with E-state index in [4.69, 9.17) is 9.72 Å². The van der Waals surface area contributed by atoms with Crippen molar-refractivity contribution in [1.29, 1.82) is 0 Å². The molecular weight excluding hydrogens is 316 g/mol. The molecule has 0 bridgehead atoms. The highest BCUT2D eigenvalue weighted by molar-refractivity contribution is 5.98. The molecule has 6 heteroatoms. The second-order valence-corrected chi connectivity index (χ2v) is 6.49. The van der Waals surface area contributed by atoms with E-state index in [1.807, 2.05) is 18.2 Å². The van der Waals surface area contributed by atoms with E-state index in [0.29, 0.717) is 6.54 Å². The van der Waals surface area contributed by atoms with Gasteiger partial charge in [-0.25, -0.2) is 4.98 Å². The summed E-state index contributed by atoms with van der Waals surface area (Å²) in [5.74, 6) is 1.85. The standard InChI is InChI=1S/C19H22N4O2/c1-2-13-10-16-17(12-21-19(16)24)22-18(13)23-8-5-14(6-9-23)25-15-4-3-7-20-11-15/h3-4,7,10-11,14H,2,5-6,8-9,12H2,1H3,(H,21,24). The quantitative estimate of drug-likeness (QED) is 0.927. The summed E-state index contributed by atoms with van der Waals surface area (Å²) >= 11 is 0. The van der Waals surface area contributed by atoms with Crippen LogP contribution in [0.1, 0.15) is 41.4 Å². The maximum atomic E-state index is 11.9. The average molecular weight is 338 g/mol. The molecule has 1 amide bonds.